The number of carbonyl (C=O) groups excluding carboxylic acids is 1. The van der Waals surface area contributed by atoms with Gasteiger partial charge in [0, 0.05) is 18.2 Å². The second-order valence-corrected chi connectivity index (χ2v) is 6.57. The van der Waals surface area contributed by atoms with Crippen LogP contribution in [0.1, 0.15) is 6.42 Å². The zero-order valence-corrected chi connectivity index (χ0v) is 14.3. The summed E-state index contributed by atoms with van der Waals surface area (Å²) >= 11 is 1.37. The molecule has 1 aliphatic rings. The quantitative estimate of drug-likeness (QED) is 0.701. The van der Waals surface area contributed by atoms with Crippen molar-refractivity contribution in [1.82, 2.24) is 9.97 Å². The van der Waals surface area contributed by atoms with Crippen LogP contribution in [-0.4, -0.2) is 34.8 Å². The first-order valence-corrected chi connectivity index (χ1v) is 9.03. The van der Waals surface area contributed by atoms with E-state index in [1.807, 2.05) is 36.4 Å². The number of hydrogen-bond donors (Lipinski definition) is 2. The second kappa shape index (κ2) is 7.06. The predicted octanol–water partition coefficient (Wildman–Crippen LogP) is 3.46. The van der Waals surface area contributed by atoms with Gasteiger partial charge in [0.05, 0.1) is 30.0 Å². The molecule has 0 aliphatic carbocycles. The number of aromatic amines is 1. The molecule has 2 N–H and O–H groups in total. The molecule has 0 unspecified atom stereocenters. The van der Waals surface area contributed by atoms with Gasteiger partial charge in [0.2, 0.25) is 5.91 Å². The standard InChI is InChI=1S/C18H17N3O3S/c22-17(11-25-18-20-13-4-1-2-5-14(13)21-18)19-12-6-7-15-16(10-12)24-9-3-8-23-15/h1-2,4-7,10H,3,8-9,11H2,(H,19,22)(H,20,21). The Morgan fingerprint density at radius 3 is 2.88 bits per heavy atom. The van der Waals surface area contributed by atoms with Gasteiger partial charge in [0.15, 0.2) is 16.7 Å². The molecule has 128 valence electrons. The largest absolute Gasteiger partial charge is 0.490 e. The number of hydrogen-bond acceptors (Lipinski definition) is 5. The van der Waals surface area contributed by atoms with E-state index < -0.39 is 0 Å². The normalized spacial score (nSPS) is 13.4. The first-order valence-electron chi connectivity index (χ1n) is 8.05. The molecule has 25 heavy (non-hydrogen) atoms. The number of aromatic nitrogens is 2. The van der Waals surface area contributed by atoms with Crippen LogP contribution in [-0.2, 0) is 4.79 Å². The van der Waals surface area contributed by atoms with Gasteiger partial charge in [-0.3, -0.25) is 4.79 Å². The van der Waals surface area contributed by atoms with Crippen molar-refractivity contribution >= 4 is 34.4 Å². The Morgan fingerprint density at radius 2 is 2.00 bits per heavy atom. The van der Waals surface area contributed by atoms with E-state index in [0.717, 1.165) is 22.6 Å². The second-order valence-electron chi connectivity index (χ2n) is 5.61. The number of H-pyrrole nitrogens is 1. The lowest BCUT2D eigenvalue weighted by Crippen LogP contribution is -2.14. The summed E-state index contributed by atoms with van der Waals surface area (Å²) in [5, 5.41) is 3.61. The van der Waals surface area contributed by atoms with Crippen LogP contribution >= 0.6 is 11.8 Å². The number of rotatable bonds is 4. The maximum atomic E-state index is 12.2. The third-order valence-corrected chi connectivity index (χ3v) is 4.61. The molecule has 1 aliphatic heterocycles. The van der Waals surface area contributed by atoms with Crippen LogP contribution in [0.2, 0.25) is 0 Å². The Morgan fingerprint density at radius 1 is 1.16 bits per heavy atom. The van der Waals surface area contributed by atoms with E-state index in [0.29, 0.717) is 30.4 Å². The summed E-state index contributed by atoms with van der Waals surface area (Å²) < 4.78 is 11.2. The lowest BCUT2D eigenvalue weighted by atomic mass is 10.2. The van der Waals surface area contributed by atoms with Crippen molar-refractivity contribution in [2.24, 2.45) is 0 Å². The number of amides is 1. The van der Waals surface area contributed by atoms with Gasteiger partial charge in [-0.25, -0.2) is 4.98 Å². The predicted molar refractivity (Wildman–Crippen MR) is 97.5 cm³/mol. The minimum atomic E-state index is -0.0973. The van der Waals surface area contributed by atoms with Gasteiger partial charge in [-0.1, -0.05) is 23.9 Å². The fourth-order valence-electron chi connectivity index (χ4n) is 2.57. The van der Waals surface area contributed by atoms with Gasteiger partial charge in [-0.05, 0) is 24.3 Å². The summed E-state index contributed by atoms with van der Waals surface area (Å²) in [5.41, 5.74) is 2.56. The molecule has 3 aromatic rings. The van der Waals surface area contributed by atoms with E-state index in [2.05, 4.69) is 15.3 Å². The number of fused-ring (bicyclic) bond motifs is 2. The first kappa shape index (κ1) is 15.8. The van der Waals surface area contributed by atoms with E-state index in [-0.39, 0.29) is 11.7 Å². The summed E-state index contributed by atoms with van der Waals surface area (Å²) in [6, 6.07) is 13.2. The molecule has 0 bridgehead atoms. The third kappa shape index (κ3) is 3.71. The van der Waals surface area contributed by atoms with Gasteiger partial charge in [0.25, 0.3) is 0 Å². The van der Waals surface area contributed by atoms with E-state index >= 15 is 0 Å². The molecule has 7 heteroatoms. The molecule has 1 aromatic heterocycles. The molecule has 0 atom stereocenters. The molecule has 0 saturated heterocycles. The van der Waals surface area contributed by atoms with Crippen LogP contribution in [0.25, 0.3) is 11.0 Å². The van der Waals surface area contributed by atoms with E-state index in [9.17, 15) is 4.79 Å². The summed E-state index contributed by atoms with van der Waals surface area (Å²) in [6.45, 7) is 1.26. The number of benzene rings is 2. The lowest BCUT2D eigenvalue weighted by Gasteiger charge is -2.10. The van der Waals surface area contributed by atoms with Crippen LogP contribution in [0.15, 0.2) is 47.6 Å². The molecule has 0 saturated carbocycles. The number of anilines is 1. The molecule has 4 rings (SSSR count). The number of ether oxygens (including phenoxy) is 2. The molecule has 2 aromatic carbocycles. The average molecular weight is 355 g/mol. The van der Waals surface area contributed by atoms with Crippen LogP contribution in [0.5, 0.6) is 11.5 Å². The number of para-hydroxylation sites is 2. The zero-order chi connectivity index (χ0) is 17.1. The fraction of sp³-hybridized carbons (Fsp3) is 0.222. The van der Waals surface area contributed by atoms with E-state index in [1.54, 1.807) is 6.07 Å². The van der Waals surface area contributed by atoms with Crippen LogP contribution in [0, 0.1) is 0 Å². The topological polar surface area (TPSA) is 76.2 Å². The maximum absolute atomic E-state index is 12.2. The summed E-state index contributed by atoms with van der Waals surface area (Å²) in [4.78, 5) is 19.8. The smallest absolute Gasteiger partial charge is 0.234 e. The van der Waals surface area contributed by atoms with Gasteiger partial charge >= 0.3 is 0 Å². The molecule has 0 fully saturated rings. The van der Waals surface area contributed by atoms with Gasteiger partial charge in [-0.2, -0.15) is 0 Å². The molecule has 0 spiro atoms. The van der Waals surface area contributed by atoms with E-state index in [4.69, 9.17) is 9.47 Å². The minimum absolute atomic E-state index is 0.0973. The highest BCUT2D eigenvalue weighted by Gasteiger charge is 2.12. The number of imidazole rings is 1. The van der Waals surface area contributed by atoms with Crippen LogP contribution in [0.3, 0.4) is 0 Å². The monoisotopic (exact) mass is 355 g/mol. The Bertz CT molecular complexity index is 876. The fourth-order valence-corrected chi connectivity index (χ4v) is 3.25. The number of nitrogens with one attached hydrogen (secondary N) is 2. The molecule has 1 amide bonds. The number of carbonyl (C=O) groups is 1. The van der Waals surface area contributed by atoms with Crippen molar-refractivity contribution in [3.8, 4) is 11.5 Å². The zero-order valence-electron chi connectivity index (χ0n) is 13.5. The number of thioether (sulfide) groups is 1. The van der Waals surface area contributed by atoms with Gasteiger partial charge in [-0.15, -0.1) is 0 Å². The summed E-state index contributed by atoms with van der Waals surface area (Å²) in [5.74, 6) is 1.56. The lowest BCUT2D eigenvalue weighted by molar-refractivity contribution is -0.113. The highest BCUT2D eigenvalue weighted by Crippen LogP contribution is 2.32. The van der Waals surface area contributed by atoms with Crippen molar-refractivity contribution in [1.29, 1.82) is 0 Å². The summed E-state index contributed by atoms with van der Waals surface area (Å²) in [7, 11) is 0. The van der Waals surface area contributed by atoms with E-state index in [1.165, 1.54) is 11.8 Å². The van der Waals surface area contributed by atoms with Crippen molar-refractivity contribution in [3.05, 3.63) is 42.5 Å². The first-order chi connectivity index (χ1) is 12.3. The highest BCUT2D eigenvalue weighted by molar-refractivity contribution is 7.99. The molecular weight excluding hydrogens is 338 g/mol. The van der Waals surface area contributed by atoms with Crippen molar-refractivity contribution in [2.75, 3.05) is 24.3 Å². The molecular formula is C18H17N3O3S. The Balaban J connectivity index is 1.38. The Labute approximate surface area is 148 Å². The average Bonchev–Trinajstić information content (AvgIpc) is 2.90. The maximum Gasteiger partial charge on any atom is 0.234 e. The Hall–Kier alpha value is -2.67. The van der Waals surface area contributed by atoms with Crippen LogP contribution in [0.4, 0.5) is 5.69 Å². The Kier molecular flexibility index (Phi) is 4.47. The van der Waals surface area contributed by atoms with Crippen molar-refractivity contribution < 1.29 is 14.3 Å². The van der Waals surface area contributed by atoms with Gasteiger partial charge in [0.1, 0.15) is 0 Å². The summed E-state index contributed by atoms with van der Waals surface area (Å²) in [6.07, 6.45) is 0.852. The molecule has 2 heterocycles. The SMILES string of the molecule is O=C(CSc1nc2ccccc2[nH]1)Nc1ccc2c(c1)OCCCO2. The molecule has 6 nitrogen and oxygen atoms in total. The van der Waals surface area contributed by atoms with Crippen molar-refractivity contribution in [3.63, 3.8) is 0 Å². The van der Waals surface area contributed by atoms with Crippen molar-refractivity contribution in [2.45, 2.75) is 11.6 Å². The van der Waals surface area contributed by atoms with Crippen LogP contribution < -0.4 is 14.8 Å². The molecule has 0 radical (unpaired) electrons. The highest BCUT2D eigenvalue weighted by atomic mass is 32.2. The number of nitrogens with zero attached hydrogens (tertiary/aromatic N) is 1. The third-order valence-electron chi connectivity index (χ3n) is 3.74. The minimum Gasteiger partial charge on any atom is -0.490 e. The van der Waals surface area contributed by atoms with Gasteiger partial charge < -0.3 is 19.8 Å².